The van der Waals surface area contributed by atoms with Gasteiger partial charge >= 0.3 is 0 Å². The van der Waals surface area contributed by atoms with Gasteiger partial charge in [0.25, 0.3) is 0 Å². The molecule has 2 rings (SSSR count). The van der Waals surface area contributed by atoms with Gasteiger partial charge in [0, 0.05) is 24.7 Å². The summed E-state index contributed by atoms with van der Waals surface area (Å²) in [5, 5.41) is 3.54. The molecule has 0 radical (unpaired) electrons. The first kappa shape index (κ1) is 14.5. The molecule has 1 aromatic rings. The van der Waals surface area contributed by atoms with Crippen molar-refractivity contribution >= 4 is 0 Å². The molecule has 0 aliphatic heterocycles. The largest absolute Gasteiger partial charge is 0.312 e. The smallest absolute Gasteiger partial charge is 0.0481 e. The van der Waals surface area contributed by atoms with Crippen LogP contribution in [0.15, 0.2) is 24.3 Å². The maximum Gasteiger partial charge on any atom is 0.0481 e. The zero-order valence-electron chi connectivity index (χ0n) is 13.0. The summed E-state index contributed by atoms with van der Waals surface area (Å²) in [7, 11) is 2.09. The molecule has 0 amide bonds. The maximum absolute atomic E-state index is 3.54. The van der Waals surface area contributed by atoms with E-state index in [2.05, 4.69) is 69.2 Å². The van der Waals surface area contributed by atoms with Gasteiger partial charge in [0.05, 0.1) is 0 Å². The summed E-state index contributed by atoms with van der Waals surface area (Å²) in [6.45, 7) is 10.4. The Morgan fingerprint density at radius 1 is 1.21 bits per heavy atom. The summed E-state index contributed by atoms with van der Waals surface area (Å²) < 4.78 is 0. The van der Waals surface area contributed by atoms with Crippen molar-refractivity contribution in [3.05, 3.63) is 35.4 Å². The van der Waals surface area contributed by atoms with E-state index in [-0.39, 0.29) is 0 Å². The van der Waals surface area contributed by atoms with Gasteiger partial charge in [0.1, 0.15) is 0 Å². The molecule has 1 aliphatic carbocycles. The lowest BCUT2D eigenvalue weighted by Crippen LogP contribution is -2.47. The number of hydrogen-bond donors (Lipinski definition) is 1. The summed E-state index contributed by atoms with van der Waals surface area (Å²) in [5.74, 6) is 0.712. The second-order valence-corrected chi connectivity index (χ2v) is 6.42. The van der Waals surface area contributed by atoms with Crippen LogP contribution in [0, 0.1) is 5.92 Å². The Morgan fingerprint density at radius 2 is 1.89 bits per heavy atom. The van der Waals surface area contributed by atoms with Gasteiger partial charge in [-0.25, -0.2) is 0 Å². The molecule has 1 aromatic carbocycles. The molecule has 2 heteroatoms. The Hall–Kier alpha value is -0.860. The van der Waals surface area contributed by atoms with E-state index in [4.69, 9.17) is 0 Å². The third-order valence-corrected chi connectivity index (χ3v) is 4.18. The van der Waals surface area contributed by atoms with Crippen LogP contribution in [0.25, 0.3) is 0 Å². The lowest BCUT2D eigenvalue weighted by Gasteiger charge is -2.37. The lowest BCUT2D eigenvalue weighted by atomic mass is 10.0. The zero-order valence-corrected chi connectivity index (χ0v) is 13.0. The van der Waals surface area contributed by atoms with E-state index in [0.29, 0.717) is 24.0 Å². The number of fused-ring (bicyclic) bond motifs is 1. The van der Waals surface area contributed by atoms with Crippen LogP contribution < -0.4 is 5.32 Å². The Labute approximate surface area is 118 Å². The number of nitrogens with zero attached hydrogens (tertiary/aromatic N) is 1. The van der Waals surface area contributed by atoms with E-state index >= 15 is 0 Å². The number of nitrogens with one attached hydrogen (secondary N) is 1. The average Bonchev–Trinajstić information content (AvgIpc) is 2.73. The highest BCUT2D eigenvalue weighted by Crippen LogP contribution is 2.35. The lowest BCUT2D eigenvalue weighted by molar-refractivity contribution is 0.115. The van der Waals surface area contributed by atoms with E-state index in [9.17, 15) is 0 Å². The summed E-state index contributed by atoms with van der Waals surface area (Å²) in [6.07, 6.45) is 1.17. The van der Waals surface area contributed by atoms with E-state index in [1.54, 1.807) is 0 Å². The Morgan fingerprint density at radius 3 is 2.47 bits per heavy atom. The number of rotatable bonds is 5. The first-order valence-corrected chi connectivity index (χ1v) is 7.55. The molecule has 1 N–H and O–H groups in total. The Bertz CT molecular complexity index is 411. The molecular formula is C17H28N2. The Balaban J connectivity index is 2.25. The predicted molar refractivity (Wildman–Crippen MR) is 82.4 cm³/mol. The van der Waals surface area contributed by atoms with Crippen molar-refractivity contribution in [3.8, 4) is 0 Å². The maximum atomic E-state index is 3.54. The van der Waals surface area contributed by atoms with E-state index in [1.165, 1.54) is 24.1 Å². The van der Waals surface area contributed by atoms with Crippen LogP contribution >= 0.6 is 0 Å². The van der Waals surface area contributed by atoms with Gasteiger partial charge in [0.15, 0.2) is 0 Å². The Kier molecular flexibility index (Phi) is 4.64. The molecule has 2 atom stereocenters. The first-order valence-electron chi connectivity index (χ1n) is 7.55. The fourth-order valence-electron chi connectivity index (χ4n) is 3.38. The molecule has 19 heavy (non-hydrogen) atoms. The van der Waals surface area contributed by atoms with Crippen molar-refractivity contribution < 1.29 is 0 Å². The summed E-state index contributed by atoms with van der Waals surface area (Å²) >= 11 is 0. The zero-order chi connectivity index (χ0) is 14.0. The van der Waals surface area contributed by atoms with Gasteiger partial charge in [-0.05, 0) is 44.4 Å². The standard InChI is InChI=1S/C17H28N2/c1-12(2)11-19(13(3)4)16-10-14-8-6-7-9-15(14)17(16)18-5/h6-9,12-13,16-18H,10-11H2,1-5H3. The van der Waals surface area contributed by atoms with Gasteiger partial charge in [0.2, 0.25) is 0 Å². The van der Waals surface area contributed by atoms with Gasteiger partial charge < -0.3 is 5.32 Å². The van der Waals surface area contributed by atoms with Crippen molar-refractivity contribution in [1.82, 2.24) is 10.2 Å². The van der Waals surface area contributed by atoms with Crippen LogP contribution in [0.5, 0.6) is 0 Å². The van der Waals surface area contributed by atoms with Crippen molar-refractivity contribution in [2.75, 3.05) is 13.6 Å². The summed E-state index contributed by atoms with van der Waals surface area (Å²) in [6, 6.07) is 10.5. The molecule has 0 bridgehead atoms. The highest BCUT2D eigenvalue weighted by molar-refractivity contribution is 5.37. The molecular weight excluding hydrogens is 232 g/mol. The van der Waals surface area contributed by atoms with Crippen molar-refractivity contribution in [1.29, 1.82) is 0 Å². The fourth-order valence-corrected chi connectivity index (χ4v) is 3.38. The second-order valence-electron chi connectivity index (χ2n) is 6.42. The third kappa shape index (κ3) is 3.01. The highest BCUT2D eigenvalue weighted by Gasteiger charge is 2.36. The normalized spacial score (nSPS) is 22.5. The molecule has 2 nitrogen and oxygen atoms in total. The quantitative estimate of drug-likeness (QED) is 0.874. The van der Waals surface area contributed by atoms with Crippen LogP contribution in [0.3, 0.4) is 0 Å². The average molecular weight is 260 g/mol. The van der Waals surface area contributed by atoms with Crippen molar-refractivity contribution in [3.63, 3.8) is 0 Å². The van der Waals surface area contributed by atoms with Crippen molar-refractivity contribution in [2.45, 2.75) is 52.2 Å². The molecule has 2 unspecified atom stereocenters. The second kappa shape index (κ2) is 6.06. The summed E-state index contributed by atoms with van der Waals surface area (Å²) in [4.78, 5) is 2.67. The van der Waals surface area contributed by atoms with Gasteiger partial charge in [-0.1, -0.05) is 38.1 Å². The van der Waals surface area contributed by atoms with Crippen LogP contribution in [-0.2, 0) is 6.42 Å². The number of benzene rings is 1. The predicted octanol–water partition coefficient (Wildman–Crippen LogP) is 3.24. The minimum Gasteiger partial charge on any atom is -0.312 e. The molecule has 0 spiro atoms. The van der Waals surface area contributed by atoms with Crippen LogP contribution in [-0.4, -0.2) is 30.6 Å². The van der Waals surface area contributed by atoms with Crippen LogP contribution in [0.4, 0.5) is 0 Å². The molecule has 0 heterocycles. The molecule has 0 saturated carbocycles. The molecule has 0 aromatic heterocycles. The SMILES string of the molecule is CNC1c2ccccc2CC1N(CC(C)C)C(C)C. The van der Waals surface area contributed by atoms with Gasteiger partial charge in [-0.3, -0.25) is 4.90 Å². The molecule has 1 aliphatic rings. The van der Waals surface area contributed by atoms with Crippen LogP contribution in [0.2, 0.25) is 0 Å². The van der Waals surface area contributed by atoms with Crippen molar-refractivity contribution in [2.24, 2.45) is 5.92 Å². The molecule has 0 saturated heterocycles. The monoisotopic (exact) mass is 260 g/mol. The van der Waals surface area contributed by atoms with Gasteiger partial charge in [-0.2, -0.15) is 0 Å². The van der Waals surface area contributed by atoms with Gasteiger partial charge in [-0.15, -0.1) is 0 Å². The molecule has 106 valence electrons. The fraction of sp³-hybridized carbons (Fsp3) is 0.647. The van der Waals surface area contributed by atoms with E-state index in [0.717, 1.165) is 0 Å². The minimum absolute atomic E-state index is 0.470. The minimum atomic E-state index is 0.470. The van der Waals surface area contributed by atoms with Crippen LogP contribution in [0.1, 0.15) is 44.9 Å². The third-order valence-electron chi connectivity index (χ3n) is 4.18. The molecule has 0 fully saturated rings. The highest BCUT2D eigenvalue weighted by atomic mass is 15.2. The topological polar surface area (TPSA) is 15.3 Å². The first-order chi connectivity index (χ1) is 9.04. The number of hydrogen-bond acceptors (Lipinski definition) is 2. The summed E-state index contributed by atoms with van der Waals surface area (Å²) in [5.41, 5.74) is 3.01. The number of likely N-dealkylation sites (N-methyl/N-ethyl adjacent to an activating group) is 1. The van der Waals surface area contributed by atoms with E-state index < -0.39 is 0 Å². The van der Waals surface area contributed by atoms with E-state index in [1.807, 2.05) is 0 Å².